The summed E-state index contributed by atoms with van der Waals surface area (Å²) in [7, 11) is 0. The molecule has 0 aromatic carbocycles. The highest BCUT2D eigenvalue weighted by molar-refractivity contribution is 5.95. The van der Waals surface area contributed by atoms with E-state index in [0.717, 1.165) is 43.4 Å². The number of ether oxygens (including phenoxy) is 1. The Bertz CT molecular complexity index is 510. The van der Waals surface area contributed by atoms with E-state index < -0.39 is 11.9 Å². The zero-order valence-corrected chi connectivity index (χ0v) is 15.3. The van der Waals surface area contributed by atoms with Crippen molar-refractivity contribution in [2.24, 2.45) is 23.2 Å². The minimum Gasteiger partial charge on any atom is -0.456 e. The third kappa shape index (κ3) is 4.53. The first-order valence-corrected chi connectivity index (χ1v) is 9.63. The highest BCUT2D eigenvalue weighted by Gasteiger charge is 2.51. The molecule has 3 amide bonds. The predicted molar refractivity (Wildman–Crippen MR) is 92.6 cm³/mol. The van der Waals surface area contributed by atoms with Crippen molar-refractivity contribution in [3.63, 3.8) is 0 Å². The fraction of sp³-hybridized carbons (Fsp3) is 0.842. The highest BCUT2D eigenvalue weighted by atomic mass is 16.5. The van der Waals surface area contributed by atoms with Gasteiger partial charge in [0.25, 0.3) is 5.91 Å². The number of amides is 3. The van der Waals surface area contributed by atoms with Crippen molar-refractivity contribution in [3.8, 4) is 0 Å². The zero-order valence-electron chi connectivity index (χ0n) is 15.3. The summed E-state index contributed by atoms with van der Waals surface area (Å²) in [6, 6.07) is -0.553. The SMILES string of the molecule is CC[C@@H](C)NC(=O)NC(=O)COC(=O)CC12CC3CC(CC(C3)C1)C2. The van der Waals surface area contributed by atoms with Gasteiger partial charge in [-0.15, -0.1) is 0 Å². The van der Waals surface area contributed by atoms with Crippen LogP contribution in [-0.4, -0.2) is 30.6 Å². The van der Waals surface area contributed by atoms with Gasteiger partial charge in [-0.3, -0.25) is 14.9 Å². The van der Waals surface area contributed by atoms with Gasteiger partial charge >= 0.3 is 12.0 Å². The van der Waals surface area contributed by atoms with Crippen LogP contribution in [0.15, 0.2) is 0 Å². The molecule has 25 heavy (non-hydrogen) atoms. The lowest BCUT2D eigenvalue weighted by atomic mass is 9.49. The van der Waals surface area contributed by atoms with E-state index in [1.807, 2.05) is 13.8 Å². The largest absolute Gasteiger partial charge is 0.456 e. The minimum absolute atomic E-state index is 0.00793. The molecule has 1 atom stereocenters. The van der Waals surface area contributed by atoms with Gasteiger partial charge in [0.15, 0.2) is 6.61 Å². The first kappa shape index (κ1) is 18.2. The summed E-state index contributed by atoms with van der Waals surface area (Å²) in [5, 5.41) is 4.83. The van der Waals surface area contributed by atoms with E-state index in [2.05, 4.69) is 10.6 Å². The Morgan fingerprint density at radius 3 is 2.16 bits per heavy atom. The Balaban J connectivity index is 1.41. The fourth-order valence-electron chi connectivity index (χ4n) is 5.53. The molecule has 0 aromatic rings. The number of esters is 1. The lowest BCUT2D eigenvalue weighted by molar-refractivity contribution is -0.155. The molecule has 0 radical (unpaired) electrons. The number of hydrogen-bond acceptors (Lipinski definition) is 4. The van der Waals surface area contributed by atoms with E-state index in [1.54, 1.807) is 0 Å². The fourth-order valence-corrected chi connectivity index (χ4v) is 5.53. The molecule has 0 heterocycles. The smallest absolute Gasteiger partial charge is 0.321 e. The molecule has 6 nitrogen and oxygen atoms in total. The number of rotatable bonds is 6. The van der Waals surface area contributed by atoms with Crippen LogP contribution in [0.5, 0.6) is 0 Å². The summed E-state index contributed by atoms with van der Waals surface area (Å²) < 4.78 is 5.14. The molecule has 6 heteroatoms. The molecule has 0 spiro atoms. The lowest BCUT2D eigenvalue weighted by Crippen LogP contribution is -2.47. The van der Waals surface area contributed by atoms with Gasteiger partial charge in [0.2, 0.25) is 0 Å². The maximum absolute atomic E-state index is 12.2. The molecule has 4 rings (SSSR count). The average molecular weight is 350 g/mol. The van der Waals surface area contributed by atoms with Crippen LogP contribution in [0, 0.1) is 23.2 Å². The van der Waals surface area contributed by atoms with Crippen molar-refractivity contribution in [2.75, 3.05) is 6.61 Å². The zero-order chi connectivity index (χ0) is 18.0. The first-order chi connectivity index (χ1) is 11.9. The van der Waals surface area contributed by atoms with E-state index in [9.17, 15) is 14.4 Å². The molecule has 0 aliphatic heterocycles. The molecule has 0 saturated heterocycles. The second-order valence-electron chi connectivity index (χ2n) is 8.59. The van der Waals surface area contributed by atoms with Crippen LogP contribution < -0.4 is 10.6 Å². The Labute approximate surface area is 149 Å². The molecular weight excluding hydrogens is 320 g/mol. The van der Waals surface area contributed by atoms with E-state index in [1.165, 1.54) is 19.3 Å². The second-order valence-corrected chi connectivity index (χ2v) is 8.59. The molecule has 4 fully saturated rings. The van der Waals surface area contributed by atoms with Crippen LogP contribution in [0.25, 0.3) is 0 Å². The molecule has 4 aliphatic rings. The van der Waals surface area contributed by atoms with Crippen LogP contribution in [0.1, 0.15) is 65.2 Å². The van der Waals surface area contributed by atoms with Crippen LogP contribution in [0.3, 0.4) is 0 Å². The van der Waals surface area contributed by atoms with Gasteiger partial charge in [-0.25, -0.2) is 4.79 Å². The summed E-state index contributed by atoms with van der Waals surface area (Å²) >= 11 is 0. The molecule has 4 aliphatic carbocycles. The maximum atomic E-state index is 12.2. The molecule has 4 bridgehead atoms. The molecule has 140 valence electrons. The standard InChI is InChI=1S/C19H30N2O4/c1-3-12(2)20-18(24)21-16(22)11-25-17(23)10-19-7-13-4-14(8-19)6-15(5-13)9-19/h12-15H,3-11H2,1-2H3,(H2,20,21,22,24)/t12-,13?,14?,15?,19?/m1/s1. The van der Waals surface area contributed by atoms with Gasteiger partial charge in [0.1, 0.15) is 0 Å². The van der Waals surface area contributed by atoms with Gasteiger partial charge in [-0.1, -0.05) is 6.92 Å². The van der Waals surface area contributed by atoms with Gasteiger partial charge in [-0.05, 0) is 75.0 Å². The second kappa shape index (κ2) is 7.34. The van der Waals surface area contributed by atoms with Crippen LogP contribution in [-0.2, 0) is 14.3 Å². The number of hydrogen-bond donors (Lipinski definition) is 2. The van der Waals surface area contributed by atoms with Crippen molar-refractivity contribution < 1.29 is 19.1 Å². The monoisotopic (exact) mass is 350 g/mol. The summed E-state index contributed by atoms with van der Waals surface area (Å²) in [5.74, 6) is 1.46. The van der Waals surface area contributed by atoms with Gasteiger partial charge in [0.05, 0.1) is 6.42 Å². The molecule has 0 unspecified atom stereocenters. The van der Waals surface area contributed by atoms with Gasteiger partial charge in [-0.2, -0.15) is 0 Å². The van der Waals surface area contributed by atoms with Crippen molar-refractivity contribution in [1.82, 2.24) is 10.6 Å². The highest BCUT2D eigenvalue weighted by Crippen LogP contribution is 2.61. The predicted octanol–water partition coefficient (Wildman–Crippen LogP) is 2.76. The summed E-state index contributed by atoms with van der Waals surface area (Å²) in [4.78, 5) is 35.6. The quantitative estimate of drug-likeness (QED) is 0.722. The minimum atomic E-state index is -0.584. The Hall–Kier alpha value is -1.59. The topological polar surface area (TPSA) is 84.5 Å². The van der Waals surface area contributed by atoms with E-state index in [-0.39, 0.29) is 24.0 Å². The van der Waals surface area contributed by atoms with E-state index in [4.69, 9.17) is 4.74 Å². The third-order valence-corrected chi connectivity index (χ3v) is 6.29. The van der Waals surface area contributed by atoms with Gasteiger partial charge < -0.3 is 10.1 Å². The van der Waals surface area contributed by atoms with Crippen LogP contribution >= 0.6 is 0 Å². The Morgan fingerprint density at radius 2 is 1.64 bits per heavy atom. The summed E-state index contributed by atoms with van der Waals surface area (Å²) in [6.07, 6.45) is 8.61. The summed E-state index contributed by atoms with van der Waals surface area (Å²) in [6.45, 7) is 3.41. The number of carbonyl (C=O) groups excluding carboxylic acids is 3. The van der Waals surface area contributed by atoms with Crippen LogP contribution in [0.2, 0.25) is 0 Å². The van der Waals surface area contributed by atoms with E-state index in [0.29, 0.717) is 6.42 Å². The van der Waals surface area contributed by atoms with Crippen LogP contribution in [0.4, 0.5) is 4.79 Å². The number of urea groups is 1. The molecule has 4 saturated carbocycles. The van der Waals surface area contributed by atoms with Crippen molar-refractivity contribution >= 4 is 17.9 Å². The Kier molecular flexibility index (Phi) is 5.35. The average Bonchev–Trinajstić information content (AvgIpc) is 2.50. The normalized spacial score (nSPS) is 33.6. The van der Waals surface area contributed by atoms with E-state index >= 15 is 0 Å². The molecule has 2 N–H and O–H groups in total. The lowest BCUT2D eigenvalue weighted by Gasteiger charge is -2.56. The third-order valence-electron chi connectivity index (χ3n) is 6.29. The maximum Gasteiger partial charge on any atom is 0.321 e. The Morgan fingerprint density at radius 1 is 1.08 bits per heavy atom. The number of carbonyl (C=O) groups is 3. The molecule has 0 aromatic heterocycles. The number of imide groups is 1. The van der Waals surface area contributed by atoms with Crippen molar-refractivity contribution in [1.29, 1.82) is 0 Å². The summed E-state index contributed by atoms with van der Waals surface area (Å²) in [5.41, 5.74) is 0.107. The number of nitrogens with one attached hydrogen (secondary N) is 2. The van der Waals surface area contributed by atoms with Gasteiger partial charge in [0, 0.05) is 6.04 Å². The van der Waals surface area contributed by atoms with Crippen molar-refractivity contribution in [3.05, 3.63) is 0 Å². The first-order valence-electron chi connectivity index (χ1n) is 9.63. The van der Waals surface area contributed by atoms with Crippen molar-refractivity contribution in [2.45, 2.75) is 71.3 Å². The molecular formula is C19H30N2O4.